The summed E-state index contributed by atoms with van der Waals surface area (Å²) < 4.78 is 33.0. The van der Waals surface area contributed by atoms with Crippen LogP contribution in [0.2, 0.25) is 0 Å². The van der Waals surface area contributed by atoms with Gasteiger partial charge in [-0.05, 0) is 17.5 Å². The Hall–Kier alpha value is -0.940. The molecule has 0 bridgehead atoms. The first-order valence-corrected chi connectivity index (χ1v) is 7.94. The van der Waals surface area contributed by atoms with E-state index in [2.05, 4.69) is 0 Å². The average Bonchev–Trinajstić information content (AvgIpc) is 2.25. The molecule has 18 heavy (non-hydrogen) atoms. The SMILES string of the molecule is COc1ccc(C(C)C)c(CS(=O)(=O)Cl)c1OC. The molecule has 1 rings (SSSR count). The van der Waals surface area contributed by atoms with Crippen molar-refractivity contribution in [2.45, 2.75) is 25.5 Å². The van der Waals surface area contributed by atoms with Crippen molar-refractivity contribution in [3.05, 3.63) is 23.3 Å². The van der Waals surface area contributed by atoms with Crippen molar-refractivity contribution in [1.29, 1.82) is 0 Å². The van der Waals surface area contributed by atoms with Crippen molar-refractivity contribution in [1.82, 2.24) is 0 Å². The molecule has 0 aromatic heterocycles. The molecule has 0 atom stereocenters. The summed E-state index contributed by atoms with van der Waals surface area (Å²) in [5, 5.41) is 0. The third-order valence-corrected chi connectivity index (χ3v) is 3.58. The van der Waals surface area contributed by atoms with Crippen LogP contribution in [-0.4, -0.2) is 22.6 Å². The fourth-order valence-corrected chi connectivity index (χ4v) is 2.84. The molecule has 0 N–H and O–H groups in total. The number of rotatable bonds is 5. The van der Waals surface area contributed by atoms with E-state index in [0.717, 1.165) is 5.56 Å². The van der Waals surface area contributed by atoms with Gasteiger partial charge in [-0.15, -0.1) is 0 Å². The highest BCUT2D eigenvalue weighted by molar-refractivity contribution is 8.13. The lowest BCUT2D eigenvalue weighted by molar-refractivity contribution is 0.352. The molecule has 0 spiro atoms. The Bertz CT molecular complexity index is 523. The van der Waals surface area contributed by atoms with Crippen LogP contribution in [0.25, 0.3) is 0 Å². The molecule has 102 valence electrons. The first-order valence-electron chi connectivity index (χ1n) is 5.46. The zero-order valence-corrected chi connectivity index (χ0v) is 12.4. The highest BCUT2D eigenvalue weighted by Gasteiger charge is 2.21. The Morgan fingerprint density at radius 3 is 2.22 bits per heavy atom. The minimum atomic E-state index is -3.65. The van der Waals surface area contributed by atoms with E-state index >= 15 is 0 Å². The van der Waals surface area contributed by atoms with E-state index < -0.39 is 9.05 Å². The molecule has 1 aromatic carbocycles. The number of benzene rings is 1. The maximum absolute atomic E-state index is 11.3. The second-order valence-electron chi connectivity index (χ2n) is 4.21. The Labute approximate surface area is 112 Å². The van der Waals surface area contributed by atoms with Crippen molar-refractivity contribution in [3.8, 4) is 11.5 Å². The van der Waals surface area contributed by atoms with Crippen molar-refractivity contribution in [2.75, 3.05) is 14.2 Å². The molecule has 0 radical (unpaired) electrons. The lowest BCUT2D eigenvalue weighted by atomic mass is 9.97. The Morgan fingerprint density at radius 2 is 1.83 bits per heavy atom. The fraction of sp³-hybridized carbons (Fsp3) is 0.500. The van der Waals surface area contributed by atoms with Gasteiger partial charge in [0.15, 0.2) is 11.5 Å². The van der Waals surface area contributed by atoms with E-state index in [4.69, 9.17) is 20.2 Å². The maximum Gasteiger partial charge on any atom is 0.236 e. The fourth-order valence-electron chi connectivity index (χ4n) is 1.87. The van der Waals surface area contributed by atoms with Crippen LogP contribution in [0.4, 0.5) is 0 Å². The van der Waals surface area contributed by atoms with Crippen LogP contribution in [0.1, 0.15) is 30.9 Å². The van der Waals surface area contributed by atoms with Gasteiger partial charge in [-0.3, -0.25) is 0 Å². The predicted molar refractivity (Wildman–Crippen MR) is 72.1 cm³/mol. The summed E-state index contributed by atoms with van der Waals surface area (Å²) in [5.41, 5.74) is 1.44. The minimum absolute atomic E-state index is 0.165. The van der Waals surface area contributed by atoms with Gasteiger partial charge in [0, 0.05) is 16.2 Å². The first kappa shape index (κ1) is 15.1. The number of hydrogen-bond acceptors (Lipinski definition) is 4. The Morgan fingerprint density at radius 1 is 1.22 bits per heavy atom. The molecule has 0 unspecified atom stereocenters. The van der Waals surface area contributed by atoms with Gasteiger partial charge in [-0.1, -0.05) is 19.9 Å². The summed E-state index contributed by atoms with van der Waals surface area (Å²) in [6, 6.07) is 3.60. The van der Waals surface area contributed by atoms with Crippen LogP contribution < -0.4 is 9.47 Å². The van der Waals surface area contributed by atoms with Crippen LogP contribution in [0.5, 0.6) is 11.5 Å². The molecule has 4 nitrogen and oxygen atoms in total. The normalized spacial score (nSPS) is 11.7. The molecular formula is C12H17ClO4S. The van der Waals surface area contributed by atoms with Gasteiger partial charge >= 0.3 is 0 Å². The van der Waals surface area contributed by atoms with Crippen molar-refractivity contribution in [3.63, 3.8) is 0 Å². The summed E-state index contributed by atoms with van der Waals surface area (Å²) in [6.45, 7) is 3.96. The molecule has 1 aromatic rings. The van der Waals surface area contributed by atoms with Gasteiger partial charge in [0.1, 0.15) is 0 Å². The third kappa shape index (κ3) is 3.53. The second-order valence-corrected chi connectivity index (χ2v) is 6.98. The van der Waals surface area contributed by atoms with E-state index in [-0.39, 0.29) is 11.7 Å². The number of halogens is 1. The van der Waals surface area contributed by atoms with E-state index in [0.29, 0.717) is 17.1 Å². The van der Waals surface area contributed by atoms with E-state index in [9.17, 15) is 8.42 Å². The van der Waals surface area contributed by atoms with Gasteiger partial charge < -0.3 is 9.47 Å². The van der Waals surface area contributed by atoms with Gasteiger partial charge in [-0.25, -0.2) is 8.42 Å². The molecule has 0 aliphatic heterocycles. The van der Waals surface area contributed by atoms with E-state index in [1.165, 1.54) is 14.2 Å². The number of methoxy groups -OCH3 is 2. The minimum Gasteiger partial charge on any atom is -0.493 e. The second kappa shape index (κ2) is 5.80. The molecule has 0 saturated heterocycles. The maximum atomic E-state index is 11.3. The van der Waals surface area contributed by atoms with E-state index in [1.54, 1.807) is 6.07 Å². The molecule has 0 aliphatic rings. The third-order valence-electron chi connectivity index (χ3n) is 2.62. The Balaban J connectivity index is 3.48. The average molecular weight is 293 g/mol. The quantitative estimate of drug-likeness (QED) is 0.783. The van der Waals surface area contributed by atoms with Crippen LogP contribution in [-0.2, 0) is 14.8 Å². The molecular weight excluding hydrogens is 276 g/mol. The molecule has 0 fully saturated rings. The van der Waals surface area contributed by atoms with Crippen molar-refractivity contribution in [2.24, 2.45) is 0 Å². The molecule has 0 amide bonds. The first-order chi connectivity index (χ1) is 8.30. The van der Waals surface area contributed by atoms with Gasteiger partial charge in [0.2, 0.25) is 9.05 Å². The van der Waals surface area contributed by atoms with Crippen LogP contribution >= 0.6 is 10.7 Å². The van der Waals surface area contributed by atoms with E-state index in [1.807, 2.05) is 19.9 Å². The zero-order chi connectivity index (χ0) is 13.9. The zero-order valence-electron chi connectivity index (χ0n) is 10.9. The Kier molecular flexibility index (Phi) is 4.87. The highest BCUT2D eigenvalue weighted by Crippen LogP contribution is 2.37. The molecule has 0 heterocycles. The molecule has 6 heteroatoms. The summed E-state index contributed by atoms with van der Waals surface area (Å²) in [6.07, 6.45) is 0. The van der Waals surface area contributed by atoms with Crippen LogP contribution in [0, 0.1) is 0 Å². The van der Waals surface area contributed by atoms with Gasteiger partial charge in [0.25, 0.3) is 0 Å². The lowest BCUT2D eigenvalue weighted by Crippen LogP contribution is -2.06. The van der Waals surface area contributed by atoms with Crippen LogP contribution in [0.15, 0.2) is 12.1 Å². The summed E-state index contributed by atoms with van der Waals surface area (Å²) >= 11 is 0. The van der Waals surface area contributed by atoms with Crippen molar-refractivity contribution >= 4 is 19.7 Å². The predicted octanol–water partition coefficient (Wildman–Crippen LogP) is 2.90. The molecule has 0 aliphatic carbocycles. The highest BCUT2D eigenvalue weighted by atomic mass is 35.7. The standard InChI is InChI=1S/C12H17ClO4S/c1-8(2)9-5-6-11(16-3)12(17-4)10(9)7-18(13,14)15/h5-6,8H,7H2,1-4H3. The number of ether oxygens (including phenoxy) is 2. The smallest absolute Gasteiger partial charge is 0.236 e. The van der Waals surface area contributed by atoms with Gasteiger partial charge in [0.05, 0.1) is 20.0 Å². The number of hydrogen-bond donors (Lipinski definition) is 0. The summed E-state index contributed by atoms with van der Waals surface area (Å²) in [4.78, 5) is 0. The summed E-state index contributed by atoms with van der Waals surface area (Å²) in [5.74, 6) is 0.811. The molecule has 0 saturated carbocycles. The topological polar surface area (TPSA) is 52.6 Å². The monoisotopic (exact) mass is 292 g/mol. The summed E-state index contributed by atoms with van der Waals surface area (Å²) in [7, 11) is 4.67. The largest absolute Gasteiger partial charge is 0.493 e. The van der Waals surface area contributed by atoms with Crippen molar-refractivity contribution < 1.29 is 17.9 Å². The van der Waals surface area contributed by atoms with Crippen LogP contribution in [0.3, 0.4) is 0 Å². The lowest BCUT2D eigenvalue weighted by Gasteiger charge is -2.18. The van der Waals surface area contributed by atoms with Gasteiger partial charge in [-0.2, -0.15) is 0 Å².